The van der Waals surface area contributed by atoms with E-state index in [0.29, 0.717) is 12.0 Å². The van der Waals surface area contributed by atoms with E-state index in [1.807, 2.05) is 18.7 Å². The molecule has 3 nitrogen and oxygen atoms in total. The molecule has 1 aliphatic rings. The van der Waals surface area contributed by atoms with Crippen molar-refractivity contribution in [3.8, 4) is 0 Å². The third-order valence-electron chi connectivity index (χ3n) is 3.13. The smallest absolute Gasteiger partial charge is 0.410 e. The maximum Gasteiger partial charge on any atom is 0.410 e. The van der Waals surface area contributed by atoms with Crippen LogP contribution in [0.5, 0.6) is 0 Å². The molecule has 0 bridgehead atoms. The van der Waals surface area contributed by atoms with E-state index in [9.17, 15) is 4.79 Å². The van der Waals surface area contributed by atoms with Crippen molar-refractivity contribution < 1.29 is 9.53 Å². The molecule has 15 heavy (non-hydrogen) atoms. The van der Waals surface area contributed by atoms with E-state index in [4.69, 9.17) is 4.74 Å². The van der Waals surface area contributed by atoms with Crippen molar-refractivity contribution in [2.24, 2.45) is 5.92 Å². The number of hydrogen-bond donors (Lipinski definition) is 0. The van der Waals surface area contributed by atoms with Crippen molar-refractivity contribution in [2.75, 3.05) is 6.54 Å². The molecule has 0 aromatic rings. The Balaban J connectivity index is 2.53. The molecule has 1 saturated heterocycles. The van der Waals surface area contributed by atoms with Gasteiger partial charge in [0, 0.05) is 12.6 Å². The monoisotopic (exact) mass is 213 g/mol. The molecule has 0 aromatic heterocycles. The van der Waals surface area contributed by atoms with Gasteiger partial charge in [0.15, 0.2) is 0 Å². The van der Waals surface area contributed by atoms with Crippen LogP contribution in [0.1, 0.15) is 47.0 Å². The van der Waals surface area contributed by atoms with Gasteiger partial charge in [0.2, 0.25) is 0 Å². The molecule has 1 aliphatic heterocycles. The number of rotatable bonds is 2. The Morgan fingerprint density at radius 3 is 2.67 bits per heavy atom. The molecule has 0 saturated carbocycles. The van der Waals surface area contributed by atoms with Crippen molar-refractivity contribution in [1.29, 1.82) is 0 Å². The Hall–Kier alpha value is -0.730. The summed E-state index contributed by atoms with van der Waals surface area (Å²) in [5.41, 5.74) is 0. The fraction of sp³-hybridized carbons (Fsp3) is 0.917. The second kappa shape index (κ2) is 5.38. The Kier molecular flexibility index (Phi) is 4.43. The highest BCUT2D eigenvalue weighted by atomic mass is 16.6. The summed E-state index contributed by atoms with van der Waals surface area (Å²) in [6.07, 6.45) is 3.33. The van der Waals surface area contributed by atoms with E-state index < -0.39 is 0 Å². The Morgan fingerprint density at radius 1 is 1.47 bits per heavy atom. The number of hydrogen-bond acceptors (Lipinski definition) is 2. The number of nitrogens with zero attached hydrogens (tertiary/aromatic N) is 1. The van der Waals surface area contributed by atoms with Gasteiger partial charge >= 0.3 is 6.09 Å². The maximum absolute atomic E-state index is 11.8. The van der Waals surface area contributed by atoms with Gasteiger partial charge in [0.25, 0.3) is 0 Å². The molecule has 2 atom stereocenters. The van der Waals surface area contributed by atoms with Gasteiger partial charge in [0.1, 0.15) is 0 Å². The van der Waals surface area contributed by atoms with Crippen LogP contribution in [0.15, 0.2) is 0 Å². The summed E-state index contributed by atoms with van der Waals surface area (Å²) < 4.78 is 5.24. The minimum atomic E-state index is -0.143. The van der Waals surface area contributed by atoms with E-state index >= 15 is 0 Å². The molecule has 3 heteroatoms. The van der Waals surface area contributed by atoms with Gasteiger partial charge in [0.05, 0.1) is 6.10 Å². The third-order valence-corrected chi connectivity index (χ3v) is 3.13. The summed E-state index contributed by atoms with van der Waals surface area (Å²) >= 11 is 0. The zero-order valence-electron chi connectivity index (χ0n) is 10.3. The van der Waals surface area contributed by atoms with Gasteiger partial charge in [-0.3, -0.25) is 0 Å². The lowest BCUT2D eigenvalue weighted by molar-refractivity contribution is 0.0448. The van der Waals surface area contributed by atoms with E-state index in [1.54, 1.807) is 0 Å². The topological polar surface area (TPSA) is 29.5 Å². The molecule has 1 rings (SSSR count). The van der Waals surface area contributed by atoms with Crippen molar-refractivity contribution in [3.63, 3.8) is 0 Å². The van der Waals surface area contributed by atoms with Crippen LogP contribution >= 0.6 is 0 Å². The van der Waals surface area contributed by atoms with Crippen LogP contribution < -0.4 is 0 Å². The number of carbonyl (C=O) groups excluding carboxylic acids is 1. The minimum absolute atomic E-state index is 0.0216. The first-order valence-electron chi connectivity index (χ1n) is 6.01. The second-order valence-electron chi connectivity index (χ2n) is 4.79. The van der Waals surface area contributed by atoms with Gasteiger partial charge in [-0.05, 0) is 39.5 Å². The largest absolute Gasteiger partial charge is 0.447 e. The summed E-state index contributed by atoms with van der Waals surface area (Å²) in [6, 6.07) is 0.332. The van der Waals surface area contributed by atoms with Crippen LogP contribution in [-0.4, -0.2) is 29.7 Å². The van der Waals surface area contributed by atoms with E-state index in [-0.39, 0.29) is 12.2 Å². The highest BCUT2D eigenvalue weighted by Crippen LogP contribution is 2.24. The van der Waals surface area contributed by atoms with E-state index in [0.717, 1.165) is 19.4 Å². The molecule has 1 amide bonds. The summed E-state index contributed by atoms with van der Waals surface area (Å²) in [7, 11) is 0. The quantitative estimate of drug-likeness (QED) is 0.705. The van der Waals surface area contributed by atoms with Crippen LogP contribution in [0.3, 0.4) is 0 Å². The average molecular weight is 213 g/mol. The standard InChI is InChI=1S/C12H23NO2/c1-5-11-7-6-10(4)13(8-11)12(14)15-9(2)3/h9-11H,5-8H2,1-4H3/t10-,11+/m0/s1. The summed E-state index contributed by atoms with van der Waals surface area (Å²) in [4.78, 5) is 13.7. The van der Waals surface area contributed by atoms with Crippen LogP contribution in [-0.2, 0) is 4.74 Å². The molecule has 0 spiro atoms. The molecule has 88 valence electrons. The minimum Gasteiger partial charge on any atom is -0.447 e. The molecule has 1 heterocycles. The predicted octanol–water partition coefficient (Wildman–Crippen LogP) is 3.04. The molecule has 0 aromatic carbocycles. The highest BCUT2D eigenvalue weighted by molar-refractivity contribution is 5.68. The first-order chi connectivity index (χ1) is 7.04. The summed E-state index contributed by atoms with van der Waals surface area (Å²) in [5, 5.41) is 0. The van der Waals surface area contributed by atoms with Crippen molar-refractivity contribution in [2.45, 2.75) is 59.1 Å². The number of piperidine rings is 1. The van der Waals surface area contributed by atoms with Crippen molar-refractivity contribution in [1.82, 2.24) is 4.90 Å². The first kappa shape index (κ1) is 12.3. The Bertz CT molecular complexity index is 216. The predicted molar refractivity (Wildman–Crippen MR) is 60.8 cm³/mol. The zero-order valence-corrected chi connectivity index (χ0v) is 10.3. The van der Waals surface area contributed by atoms with Gasteiger partial charge in [-0.1, -0.05) is 13.3 Å². The van der Waals surface area contributed by atoms with E-state index in [1.165, 1.54) is 6.42 Å². The van der Waals surface area contributed by atoms with Crippen molar-refractivity contribution in [3.05, 3.63) is 0 Å². The Labute approximate surface area is 92.8 Å². The number of ether oxygens (including phenoxy) is 1. The van der Waals surface area contributed by atoms with E-state index in [2.05, 4.69) is 13.8 Å². The Morgan fingerprint density at radius 2 is 2.13 bits per heavy atom. The second-order valence-corrected chi connectivity index (χ2v) is 4.79. The lowest BCUT2D eigenvalue weighted by Gasteiger charge is -2.37. The van der Waals surface area contributed by atoms with Gasteiger partial charge < -0.3 is 9.64 Å². The third kappa shape index (κ3) is 3.40. The molecular formula is C12H23NO2. The molecular weight excluding hydrogens is 190 g/mol. The first-order valence-corrected chi connectivity index (χ1v) is 6.01. The van der Waals surface area contributed by atoms with Crippen LogP contribution in [0.4, 0.5) is 4.79 Å². The lowest BCUT2D eigenvalue weighted by atomic mass is 9.92. The van der Waals surface area contributed by atoms with Gasteiger partial charge in [-0.2, -0.15) is 0 Å². The maximum atomic E-state index is 11.8. The molecule has 0 aliphatic carbocycles. The summed E-state index contributed by atoms with van der Waals surface area (Å²) in [5.74, 6) is 0.654. The normalized spacial score (nSPS) is 26.9. The molecule has 0 radical (unpaired) electrons. The van der Waals surface area contributed by atoms with Crippen LogP contribution in [0.25, 0.3) is 0 Å². The number of likely N-dealkylation sites (tertiary alicyclic amines) is 1. The molecule has 1 fully saturated rings. The average Bonchev–Trinajstić information content (AvgIpc) is 2.17. The van der Waals surface area contributed by atoms with Gasteiger partial charge in [-0.25, -0.2) is 4.79 Å². The van der Waals surface area contributed by atoms with Crippen LogP contribution in [0.2, 0.25) is 0 Å². The molecule has 0 unspecified atom stereocenters. The lowest BCUT2D eigenvalue weighted by Crippen LogP contribution is -2.46. The van der Waals surface area contributed by atoms with Crippen LogP contribution in [0, 0.1) is 5.92 Å². The fourth-order valence-corrected chi connectivity index (χ4v) is 2.04. The highest BCUT2D eigenvalue weighted by Gasteiger charge is 2.29. The zero-order chi connectivity index (χ0) is 11.4. The van der Waals surface area contributed by atoms with Crippen molar-refractivity contribution >= 4 is 6.09 Å². The van der Waals surface area contributed by atoms with Gasteiger partial charge in [-0.15, -0.1) is 0 Å². The number of amides is 1. The number of carbonyl (C=O) groups is 1. The fourth-order valence-electron chi connectivity index (χ4n) is 2.04. The summed E-state index contributed by atoms with van der Waals surface area (Å²) in [6.45, 7) is 8.94. The SMILES string of the molecule is CC[C@@H]1CC[C@H](C)N(C(=O)OC(C)C)C1. The molecule has 0 N–H and O–H groups in total.